The van der Waals surface area contributed by atoms with Gasteiger partial charge in [-0.2, -0.15) is 13.2 Å². The highest BCUT2D eigenvalue weighted by atomic mass is 35.5. The zero-order chi connectivity index (χ0) is 17.3. The molecule has 0 saturated carbocycles. The Kier molecular flexibility index (Phi) is 2.91. The Morgan fingerprint density at radius 2 is 1.79 bits per heavy atom. The van der Waals surface area contributed by atoms with E-state index in [9.17, 15) is 23.6 Å². The van der Waals surface area contributed by atoms with Crippen molar-refractivity contribution in [1.82, 2.24) is 4.65 Å². The normalized spacial score (nSPS) is 21.5. The predicted molar refractivity (Wildman–Crippen MR) is 84.5 cm³/mol. The molecule has 2 aromatic rings. The second kappa shape index (κ2) is 4.60. The molecule has 0 spiro atoms. The van der Waals surface area contributed by atoms with Crippen LogP contribution in [0.4, 0.5) is 24.5 Å². The summed E-state index contributed by atoms with van der Waals surface area (Å²) in [7, 11) is 0. The third-order valence-corrected chi connectivity index (χ3v) is 4.32. The van der Waals surface area contributed by atoms with Crippen LogP contribution in [0.2, 0.25) is 5.02 Å². The molecule has 0 N–H and O–H groups in total. The van der Waals surface area contributed by atoms with Crippen molar-refractivity contribution in [2.75, 3.05) is 0 Å². The van der Waals surface area contributed by atoms with Crippen molar-refractivity contribution in [3.8, 4) is 0 Å². The monoisotopic (exact) mass is 352 g/mol. The minimum atomic E-state index is -4.51. The van der Waals surface area contributed by atoms with Crippen LogP contribution in [0.1, 0.15) is 5.56 Å². The van der Waals surface area contributed by atoms with Gasteiger partial charge in [0.2, 0.25) is 5.69 Å². The van der Waals surface area contributed by atoms with Crippen LogP contribution < -0.4 is 15.1 Å². The summed E-state index contributed by atoms with van der Waals surface area (Å²) < 4.78 is 37.9. The molecule has 1 atom stereocenters. The highest BCUT2D eigenvalue weighted by Crippen LogP contribution is 2.42. The molecule has 0 aliphatic carbocycles. The first kappa shape index (κ1) is 15.2. The zero-order valence-corrected chi connectivity index (χ0v) is 12.6. The lowest BCUT2D eigenvalue weighted by atomic mass is 10.1. The SMILES string of the molecule is [O-][N+]1=C2C=c3ccc(C(F)(F)F)cc3=C[N+]2([O-])c2ccc(Cl)cc21. The number of quaternary nitrogens is 1. The maximum absolute atomic E-state index is 13.2. The molecule has 1 unspecified atom stereocenters. The quantitative estimate of drug-likeness (QED) is 0.416. The largest absolute Gasteiger partial charge is 0.614 e. The molecular weight excluding hydrogens is 345 g/mol. The topological polar surface area (TPSA) is 49.1 Å². The number of amidine groups is 1. The fourth-order valence-corrected chi connectivity index (χ4v) is 3.11. The van der Waals surface area contributed by atoms with Gasteiger partial charge in [-0.3, -0.25) is 0 Å². The number of rotatable bonds is 0. The van der Waals surface area contributed by atoms with Gasteiger partial charge in [-0.1, -0.05) is 17.7 Å². The molecule has 0 radical (unpaired) electrons. The Bertz CT molecular complexity index is 1050. The molecule has 0 bridgehead atoms. The van der Waals surface area contributed by atoms with E-state index in [1.165, 1.54) is 30.3 Å². The van der Waals surface area contributed by atoms with Crippen LogP contribution in [0.25, 0.3) is 12.3 Å². The standard InChI is InChI=1S/C16H8ClF3N2O2/c17-12-3-4-14-13(7-12)21(23)15-6-9-1-2-11(16(18,19)20)5-10(9)8-22(14,15)24/h1-8H. The van der Waals surface area contributed by atoms with Crippen molar-refractivity contribution in [3.63, 3.8) is 0 Å². The molecular formula is C16H8ClF3N2O2. The average Bonchev–Trinajstić information content (AvgIpc) is 2.71. The van der Waals surface area contributed by atoms with Crippen LogP contribution in [-0.2, 0) is 6.18 Å². The summed E-state index contributed by atoms with van der Waals surface area (Å²) in [4.78, 5) is 0. The molecule has 2 aromatic carbocycles. The molecule has 0 amide bonds. The second-order valence-electron chi connectivity index (χ2n) is 5.56. The molecule has 4 nitrogen and oxygen atoms in total. The fourth-order valence-electron chi connectivity index (χ4n) is 2.94. The maximum Gasteiger partial charge on any atom is 0.416 e. The summed E-state index contributed by atoms with van der Waals surface area (Å²) in [5.41, 5.74) is -0.650. The van der Waals surface area contributed by atoms with Gasteiger partial charge in [0.05, 0.1) is 11.6 Å². The Morgan fingerprint density at radius 3 is 2.50 bits per heavy atom. The van der Waals surface area contributed by atoms with Crippen molar-refractivity contribution >= 4 is 41.1 Å². The van der Waals surface area contributed by atoms with Gasteiger partial charge in [-0.25, -0.2) is 4.65 Å². The van der Waals surface area contributed by atoms with Gasteiger partial charge in [-0.15, -0.1) is 4.74 Å². The molecule has 0 aromatic heterocycles. The first-order valence-corrected chi connectivity index (χ1v) is 7.24. The van der Waals surface area contributed by atoms with Crippen molar-refractivity contribution in [2.24, 2.45) is 0 Å². The number of hydrogen-bond donors (Lipinski definition) is 0. The van der Waals surface area contributed by atoms with E-state index in [4.69, 9.17) is 11.6 Å². The number of alkyl halides is 3. The number of benzene rings is 2. The van der Waals surface area contributed by atoms with Crippen molar-refractivity contribution < 1.29 is 17.9 Å². The van der Waals surface area contributed by atoms with Gasteiger partial charge < -0.3 is 10.4 Å². The number of halogens is 4. The maximum atomic E-state index is 13.2. The van der Waals surface area contributed by atoms with Gasteiger partial charge in [-0.05, 0) is 23.4 Å². The molecule has 24 heavy (non-hydrogen) atoms. The Morgan fingerprint density at radius 1 is 1.04 bits per heavy atom. The van der Waals surface area contributed by atoms with E-state index in [2.05, 4.69) is 0 Å². The first-order chi connectivity index (χ1) is 11.2. The summed E-state index contributed by atoms with van der Waals surface area (Å²) in [6, 6.07) is 7.30. The Balaban J connectivity index is 2.03. The molecule has 4 rings (SSSR count). The lowest BCUT2D eigenvalue weighted by molar-refractivity contribution is -0.356. The molecule has 0 fully saturated rings. The van der Waals surface area contributed by atoms with E-state index >= 15 is 0 Å². The van der Waals surface area contributed by atoms with Gasteiger partial charge in [0.25, 0.3) is 5.69 Å². The van der Waals surface area contributed by atoms with E-state index in [-0.39, 0.29) is 22.4 Å². The van der Waals surface area contributed by atoms with E-state index < -0.39 is 16.4 Å². The minimum absolute atomic E-state index is 0.0869. The Labute approximate surface area is 138 Å². The van der Waals surface area contributed by atoms with Crippen molar-refractivity contribution in [1.29, 1.82) is 0 Å². The third kappa shape index (κ3) is 1.99. The third-order valence-electron chi connectivity index (χ3n) is 4.08. The number of hydroxylamine groups is 2. The van der Waals surface area contributed by atoms with Crippen LogP contribution in [0.5, 0.6) is 0 Å². The van der Waals surface area contributed by atoms with Gasteiger partial charge in [0, 0.05) is 22.4 Å². The van der Waals surface area contributed by atoms with E-state index in [1.807, 2.05) is 0 Å². The summed E-state index contributed by atoms with van der Waals surface area (Å²) in [6.07, 6.45) is -2.10. The molecule has 2 aliphatic rings. The minimum Gasteiger partial charge on any atom is -0.614 e. The summed E-state index contributed by atoms with van der Waals surface area (Å²) in [6.45, 7) is 0. The lowest BCUT2D eigenvalue weighted by Gasteiger charge is -2.31. The zero-order valence-electron chi connectivity index (χ0n) is 11.8. The van der Waals surface area contributed by atoms with Crippen molar-refractivity contribution in [2.45, 2.75) is 6.18 Å². The number of hydrogen-bond acceptors (Lipinski definition) is 2. The smallest absolute Gasteiger partial charge is 0.416 e. The average molecular weight is 353 g/mol. The van der Waals surface area contributed by atoms with E-state index in [1.54, 1.807) is 0 Å². The lowest BCUT2D eigenvalue weighted by Crippen LogP contribution is -2.50. The fraction of sp³-hybridized carbons (Fsp3) is 0.0625. The van der Waals surface area contributed by atoms with Crippen molar-refractivity contribution in [3.05, 3.63) is 67.8 Å². The second-order valence-corrected chi connectivity index (χ2v) is 5.99. The molecule has 8 heteroatoms. The highest BCUT2D eigenvalue weighted by molar-refractivity contribution is 6.31. The van der Waals surface area contributed by atoms with Gasteiger partial charge >= 0.3 is 12.0 Å². The molecule has 2 heterocycles. The number of nitrogens with zero attached hydrogens (tertiary/aromatic N) is 2. The molecule has 122 valence electrons. The summed E-state index contributed by atoms with van der Waals surface area (Å²) in [5, 5.41) is 26.4. The van der Waals surface area contributed by atoms with Gasteiger partial charge in [0.1, 0.15) is 6.20 Å². The van der Waals surface area contributed by atoms with Crippen LogP contribution in [0.3, 0.4) is 0 Å². The van der Waals surface area contributed by atoms with E-state index in [0.29, 0.717) is 15.0 Å². The van der Waals surface area contributed by atoms with E-state index in [0.717, 1.165) is 18.3 Å². The Hall–Kier alpha value is -2.35. The highest BCUT2D eigenvalue weighted by Gasteiger charge is 2.45. The molecule has 0 saturated heterocycles. The predicted octanol–water partition coefficient (Wildman–Crippen LogP) is 2.95. The first-order valence-electron chi connectivity index (χ1n) is 6.87. The number of fused-ring (bicyclic) bond motifs is 4. The summed E-state index contributed by atoms with van der Waals surface area (Å²) in [5.74, 6) is -0.139. The van der Waals surface area contributed by atoms with Crippen LogP contribution in [0, 0.1) is 10.4 Å². The van der Waals surface area contributed by atoms with Crippen LogP contribution >= 0.6 is 11.6 Å². The summed E-state index contributed by atoms with van der Waals surface area (Å²) >= 11 is 5.86. The molecule has 2 aliphatic heterocycles. The van der Waals surface area contributed by atoms with Gasteiger partial charge in [0.15, 0.2) is 0 Å². The van der Waals surface area contributed by atoms with Crippen LogP contribution in [-0.4, -0.2) is 10.6 Å². The van der Waals surface area contributed by atoms with Crippen LogP contribution in [0.15, 0.2) is 36.4 Å².